The van der Waals surface area contributed by atoms with E-state index in [0.29, 0.717) is 11.9 Å². The Kier molecular flexibility index (Phi) is 8.46. The minimum atomic E-state index is -2.44. The standard InChI is InChI=1S/C23H30BrFOSi/c1-23(2,3)27(21-14-8-4-9-15-21,22-16-10-5-11-17-22)26-18-12-6-7-13-20(25)19-24/h4-5,8-11,13-17H,6-7,12,18-19H2,1-3H3. The Hall–Kier alpha value is -1.23. The number of allylic oxidation sites excluding steroid dienone is 2. The van der Waals surface area contributed by atoms with Crippen LogP contribution in [0.1, 0.15) is 40.0 Å². The van der Waals surface area contributed by atoms with Gasteiger partial charge in [0.25, 0.3) is 8.32 Å². The molecule has 2 aromatic rings. The first kappa shape index (κ1) is 22.1. The third kappa shape index (κ3) is 5.63. The van der Waals surface area contributed by atoms with Gasteiger partial charge in [0.05, 0.1) is 5.33 Å². The molecule has 0 N–H and O–H groups in total. The highest BCUT2D eigenvalue weighted by molar-refractivity contribution is 9.09. The zero-order valence-corrected chi connectivity index (χ0v) is 19.1. The summed E-state index contributed by atoms with van der Waals surface area (Å²) in [5, 5.41) is 2.89. The van der Waals surface area contributed by atoms with Crippen LogP contribution < -0.4 is 10.4 Å². The number of alkyl halides is 1. The normalized spacial score (nSPS) is 13.0. The van der Waals surface area contributed by atoms with E-state index in [2.05, 4.69) is 97.4 Å². The highest BCUT2D eigenvalue weighted by Gasteiger charge is 2.49. The van der Waals surface area contributed by atoms with Gasteiger partial charge in [0.1, 0.15) is 5.83 Å². The van der Waals surface area contributed by atoms with Gasteiger partial charge in [-0.05, 0) is 34.7 Å². The summed E-state index contributed by atoms with van der Waals surface area (Å²) in [6.45, 7) is 7.55. The van der Waals surface area contributed by atoms with Crippen molar-refractivity contribution in [2.45, 2.75) is 45.1 Å². The molecule has 0 aromatic heterocycles. The number of rotatable bonds is 9. The van der Waals surface area contributed by atoms with Crippen molar-refractivity contribution < 1.29 is 8.82 Å². The van der Waals surface area contributed by atoms with Crippen molar-refractivity contribution in [3.63, 3.8) is 0 Å². The summed E-state index contributed by atoms with van der Waals surface area (Å²) in [6.07, 6.45) is 4.27. The van der Waals surface area contributed by atoms with Crippen molar-refractivity contribution in [1.29, 1.82) is 0 Å². The molecule has 1 nitrogen and oxygen atoms in total. The fourth-order valence-electron chi connectivity index (χ4n) is 3.55. The van der Waals surface area contributed by atoms with Crippen LogP contribution in [-0.2, 0) is 4.43 Å². The van der Waals surface area contributed by atoms with Gasteiger partial charge in [0.15, 0.2) is 0 Å². The monoisotopic (exact) mass is 448 g/mol. The highest BCUT2D eigenvalue weighted by atomic mass is 79.9. The van der Waals surface area contributed by atoms with Crippen molar-refractivity contribution in [1.82, 2.24) is 0 Å². The Morgan fingerprint density at radius 3 is 1.93 bits per heavy atom. The second kappa shape index (κ2) is 10.3. The first-order valence-electron chi connectivity index (χ1n) is 9.57. The smallest absolute Gasteiger partial charge is 0.261 e. The molecule has 2 aromatic carbocycles. The number of halogens is 2. The Morgan fingerprint density at radius 1 is 0.963 bits per heavy atom. The first-order chi connectivity index (χ1) is 12.9. The molecule has 0 saturated carbocycles. The van der Waals surface area contributed by atoms with E-state index in [1.54, 1.807) is 6.08 Å². The number of unbranched alkanes of at least 4 members (excludes halogenated alkanes) is 2. The van der Waals surface area contributed by atoms with E-state index in [4.69, 9.17) is 4.43 Å². The molecular formula is C23H30BrFOSi. The lowest BCUT2D eigenvalue weighted by Crippen LogP contribution is -2.66. The van der Waals surface area contributed by atoms with Gasteiger partial charge in [0.2, 0.25) is 0 Å². The van der Waals surface area contributed by atoms with Crippen molar-refractivity contribution in [3.8, 4) is 0 Å². The molecule has 4 heteroatoms. The van der Waals surface area contributed by atoms with Crippen LogP contribution in [0.3, 0.4) is 0 Å². The highest BCUT2D eigenvalue weighted by Crippen LogP contribution is 2.36. The Balaban J connectivity index is 2.25. The molecule has 0 amide bonds. The Labute approximate surface area is 172 Å². The molecule has 0 radical (unpaired) electrons. The van der Waals surface area contributed by atoms with Gasteiger partial charge >= 0.3 is 0 Å². The number of hydrogen-bond donors (Lipinski definition) is 0. The molecule has 0 aliphatic rings. The fourth-order valence-corrected chi connectivity index (χ4v) is 8.38. The van der Waals surface area contributed by atoms with Gasteiger partial charge in [-0.25, -0.2) is 4.39 Å². The van der Waals surface area contributed by atoms with E-state index in [9.17, 15) is 4.39 Å². The van der Waals surface area contributed by atoms with E-state index < -0.39 is 8.32 Å². The SMILES string of the molecule is CC(C)(C)[Si](OCCCCC=C(F)CBr)(c1ccccc1)c1ccccc1. The number of hydrogen-bond acceptors (Lipinski definition) is 1. The minimum absolute atomic E-state index is 0.00230. The summed E-state index contributed by atoms with van der Waals surface area (Å²) in [6, 6.07) is 21.3. The largest absolute Gasteiger partial charge is 0.407 e. The van der Waals surface area contributed by atoms with E-state index in [1.807, 2.05) is 0 Å². The molecule has 0 atom stereocenters. The minimum Gasteiger partial charge on any atom is -0.407 e. The number of benzene rings is 2. The molecule has 0 bridgehead atoms. The summed E-state index contributed by atoms with van der Waals surface area (Å²) in [5.74, 6) is -0.0945. The maximum atomic E-state index is 13.2. The predicted molar refractivity (Wildman–Crippen MR) is 120 cm³/mol. The average Bonchev–Trinajstić information content (AvgIpc) is 2.67. The summed E-state index contributed by atoms with van der Waals surface area (Å²) < 4.78 is 20.0. The van der Waals surface area contributed by atoms with Crippen LogP contribution >= 0.6 is 15.9 Å². The Morgan fingerprint density at radius 2 is 1.48 bits per heavy atom. The van der Waals surface area contributed by atoms with Crippen molar-refractivity contribution in [2.24, 2.45) is 0 Å². The average molecular weight is 449 g/mol. The molecule has 0 unspecified atom stereocenters. The van der Waals surface area contributed by atoms with Gasteiger partial charge < -0.3 is 4.43 Å². The molecule has 0 aliphatic carbocycles. The van der Waals surface area contributed by atoms with Gasteiger partial charge in [-0.15, -0.1) is 0 Å². The van der Waals surface area contributed by atoms with Crippen molar-refractivity contribution >= 4 is 34.6 Å². The Bertz CT molecular complexity index is 671. The van der Waals surface area contributed by atoms with E-state index in [0.717, 1.165) is 19.3 Å². The van der Waals surface area contributed by atoms with Crippen molar-refractivity contribution in [3.05, 3.63) is 72.6 Å². The third-order valence-electron chi connectivity index (χ3n) is 4.83. The van der Waals surface area contributed by atoms with E-state index in [-0.39, 0.29) is 10.9 Å². The molecule has 0 saturated heterocycles. The van der Waals surface area contributed by atoms with Gasteiger partial charge in [0, 0.05) is 6.61 Å². The molecule has 146 valence electrons. The van der Waals surface area contributed by atoms with Crippen LogP contribution in [0.15, 0.2) is 72.6 Å². The molecule has 0 spiro atoms. The van der Waals surface area contributed by atoms with Gasteiger partial charge in [-0.2, -0.15) is 0 Å². The summed E-state index contributed by atoms with van der Waals surface area (Å²) in [7, 11) is -2.44. The topological polar surface area (TPSA) is 9.23 Å². The van der Waals surface area contributed by atoms with E-state index >= 15 is 0 Å². The van der Waals surface area contributed by atoms with Crippen LogP contribution in [0.2, 0.25) is 5.04 Å². The van der Waals surface area contributed by atoms with Crippen LogP contribution in [0.5, 0.6) is 0 Å². The molecule has 0 fully saturated rings. The summed E-state index contributed by atoms with van der Waals surface area (Å²) >= 11 is 3.13. The third-order valence-corrected chi connectivity index (χ3v) is 10.4. The first-order valence-corrected chi connectivity index (χ1v) is 12.6. The summed E-state index contributed by atoms with van der Waals surface area (Å²) in [4.78, 5) is 0. The lowest BCUT2D eigenvalue weighted by molar-refractivity contribution is 0.288. The molecule has 0 aliphatic heterocycles. The summed E-state index contributed by atoms with van der Waals surface area (Å²) in [5.41, 5.74) is 0. The molecule has 0 heterocycles. The van der Waals surface area contributed by atoms with Gasteiger partial charge in [-0.1, -0.05) is 103 Å². The van der Waals surface area contributed by atoms with Crippen LogP contribution in [0, 0.1) is 0 Å². The van der Waals surface area contributed by atoms with Crippen LogP contribution in [-0.4, -0.2) is 20.3 Å². The van der Waals surface area contributed by atoms with Crippen LogP contribution in [0.25, 0.3) is 0 Å². The fraction of sp³-hybridized carbons (Fsp3) is 0.391. The van der Waals surface area contributed by atoms with Crippen molar-refractivity contribution in [2.75, 3.05) is 11.9 Å². The van der Waals surface area contributed by atoms with E-state index in [1.165, 1.54) is 10.4 Å². The molecule has 27 heavy (non-hydrogen) atoms. The predicted octanol–water partition coefficient (Wildman–Crippen LogP) is 5.98. The maximum Gasteiger partial charge on any atom is 0.261 e. The lowest BCUT2D eigenvalue weighted by Gasteiger charge is -2.43. The second-order valence-electron chi connectivity index (χ2n) is 7.79. The molecular weight excluding hydrogens is 419 g/mol. The maximum absolute atomic E-state index is 13.2. The zero-order chi connectivity index (χ0) is 19.8. The second-order valence-corrected chi connectivity index (χ2v) is 12.7. The molecule has 2 rings (SSSR count). The van der Waals surface area contributed by atoms with Gasteiger partial charge in [-0.3, -0.25) is 0 Å². The zero-order valence-electron chi connectivity index (χ0n) is 16.6. The van der Waals surface area contributed by atoms with Crippen LogP contribution in [0.4, 0.5) is 4.39 Å². The lowest BCUT2D eigenvalue weighted by atomic mass is 10.2. The quantitative estimate of drug-likeness (QED) is 0.260.